The predicted molar refractivity (Wildman–Crippen MR) is 79.7 cm³/mol. The van der Waals surface area contributed by atoms with Crippen molar-refractivity contribution in [3.8, 4) is 0 Å². The van der Waals surface area contributed by atoms with Crippen molar-refractivity contribution in [2.45, 2.75) is 26.7 Å². The quantitative estimate of drug-likeness (QED) is 0.819. The summed E-state index contributed by atoms with van der Waals surface area (Å²) in [7, 11) is 0. The zero-order chi connectivity index (χ0) is 13.1. The molecule has 18 heavy (non-hydrogen) atoms. The maximum Gasteiger partial charge on any atom is 0.227 e. The molecule has 96 valence electrons. The standard InChI is InChI=1S/C13H16N2OS2/c1-3-8(4-2)12(16)14-9-5-6-10-11(7-9)18-13(17)15-10/h5-8H,3-4H2,1-2H3,(H,14,16)(H,15,17). The number of carbonyl (C=O) groups excluding carboxylic acids is 1. The van der Waals surface area contributed by atoms with Gasteiger partial charge in [0.05, 0.1) is 10.2 Å². The van der Waals surface area contributed by atoms with Crippen LogP contribution in [0, 0.1) is 9.87 Å². The number of carbonyl (C=O) groups is 1. The van der Waals surface area contributed by atoms with Crippen LogP contribution in [0.3, 0.4) is 0 Å². The van der Waals surface area contributed by atoms with E-state index in [4.69, 9.17) is 12.2 Å². The Kier molecular flexibility index (Phi) is 4.14. The van der Waals surface area contributed by atoms with Crippen LogP contribution < -0.4 is 5.32 Å². The van der Waals surface area contributed by atoms with Crippen molar-refractivity contribution in [2.24, 2.45) is 5.92 Å². The zero-order valence-corrected chi connectivity index (χ0v) is 12.1. The number of aromatic amines is 1. The Balaban J connectivity index is 2.21. The predicted octanol–water partition coefficient (Wildman–Crippen LogP) is 4.33. The lowest BCUT2D eigenvalue weighted by Gasteiger charge is -2.12. The van der Waals surface area contributed by atoms with Crippen LogP contribution in [0.4, 0.5) is 5.69 Å². The summed E-state index contributed by atoms with van der Waals surface area (Å²) >= 11 is 6.62. The van der Waals surface area contributed by atoms with Crippen molar-refractivity contribution < 1.29 is 4.79 Å². The summed E-state index contributed by atoms with van der Waals surface area (Å²) in [6.07, 6.45) is 1.74. The molecule has 0 unspecified atom stereocenters. The van der Waals surface area contributed by atoms with E-state index >= 15 is 0 Å². The highest BCUT2D eigenvalue weighted by molar-refractivity contribution is 7.73. The van der Waals surface area contributed by atoms with Gasteiger partial charge in [-0.25, -0.2) is 0 Å². The van der Waals surface area contributed by atoms with Crippen LogP contribution in [0.5, 0.6) is 0 Å². The van der Waals surface area contributed by atoms with E-state index in [9.17, 15) is 4.79 Å². The van der Waals surface area contributed by atoms with Crippen molar-refractivity contribution in [2.75, 3.05) is 5.32 Å². The van der Waals surface area contributed by atoms with Crippen LogP contribution in [0.1, 0.15) is 26.7 Å². The average molecular weight is 280 g/mol. The maximum absolute atomic E-state index is 12.0. The highest BCUT2D eigenvalue weighted by atomic mass is 32.1. The zero-order valence-electron chi connectivity index (χ0n) is 10.4. The molecule has 0 aliphatic rings. The average Bonchev–Trinajstić information content (AvgIpc) is 2.70. The fourth-order valence-electron chi connectivity index (χ4n) is 1.93. The van der Waals surface area contributed by atoms with Gasteiger partial charge in [0.25, 0.3) is 0 Å². The molecule has 0 aliphatic carbocycles. The Morgan fingerprint density at radius 1 is 1.44 bits per heavy atom. The van der Waals surface area contributed by atoms with Crippen molar-refractivity contribution in [3.05, 3.63) is 22.2 Å². The van der Waals surface area contributed by atoms with Gasteiger partial charge in [-0.05, 0) is 43.3 Å². The lowest BCUT2D eigenvalue weighted by Crippen LogP contribution is -2.21. The van der Waals surface area contributed by atoms with Gasteiger partial charge in [0.15, 0.2) is 3.95 Å². The van der Waals surface area contributed by atoms with E-state index in [1.807, 2.05) is 32.0 Å². The maximum atomic E-state index is 12.0. The first-order chi connectivity index (χ1) is 8.63. The number of anilines is 1. The lowest BCUT2D eigenvalue weighted by atomic mass is 10.0. The van der Waals surface area contributed by atoms with Gasteiger partial charge in [-0.3, -0.25) is 4.79 Å². The fourth-order valence-corrected chi connectivity index (χ4v) is 3.08. The molecule has 0 saturated heterocycles. The normalized spacial score (nSPS) is 11.1. The van der Waals surface area contributed by atoms with Gasteiger partial charge in [-0.2, -0.15) is 0 Å². The topological polar surface area (TPSA) is 44.9 Å². The fraction of sp³-hybridized carbons (Fsp3) is 0.385. The summed E-state index contributed by atoms with van der Waals surface area (Å²) in [5.74, 6) is 0.184. The Morgan fingerprint density at radius 3 is 2.83 bits per heavy atom. The number of aromatic nitrogens is 1. The summed E-state index contributed by atoms with van der Waals surface area (Å²) in [6.45, 7) is 4.07. The minimum atomic E-state index is 0.0881. The molecule has 2 rings (SSSR count). The Bertz CT molecular complexity index is 611. The molecule has 2 aromatic rings. The third-order valence-corrected chi connectivity index (χ3v) is 4.24. The van der Waals surface area contributed by atoms with E-state index in [1.165, 1.54) is 11.3 Å². The largest absolute Gasteiger partial charge is 0.337 e. The third kappa shape index (κ3) is 2.79. The second kappa shape index (κ2) is 5.63. The van der Waals surface area contributed by atoms with Crippen molar-refractivity contribution in [1.82, 2.24) is 4.98 Å². The molecule has 0 radical (unpaired) electrons. The number of amides is 1. The van der Waals surface area contributed by atoms with Gasteiger partial charge in [0, 0.05) is 11.6 Å². The molecule has 0 atom stereocenters. The number of benzene rings is 1. The van der Waals surface area contributed by atoms with Crippen LogP contribution in [-0.2, 0) is 4.79 Å². The van der Waals surface area contributed by atoms with Crippen LogP contribution >= 0.6 is 23.6 Å². The highest BCUT2D eigenvalue weighted by Gasteiger charge is 2.14. The number of hydrogen-bond donors (Lipinski definition) is 2. The minimum absolute atomic E-state index is 0.0881. The highest BCUT2D eigenvalue weighted by Crippen LogP contribution is 2.23. The van der Waals surface area contributed by atoms with Crippen molar-refractivity contribution in [3.63, 3.8) is 0 Å². The molecule has 3 nitrogen and oxygen atoms in total. The van der Waals surface area contributed by atoms with Crippen molar-refractivity contribution in [1.29, 1.82) is 0 Å². The molecule has 0 aliphatic heterocycles. The molecule has 5 heteroatoms. The molecule has 1 aromatic carbocycles. The Morgan fingerprint density at radius 2 is 2.17 bits per heavy atom. The summed E-state index contributed by atoms with van der Waals surface area (Å²) in [5, 5.41) is 2.97. The summed E-state index contributed by atoms with van der Waals surface area (Å²) < 4.78 is 1.83. The van der Waals surface area contributed by atoms with E-state index in [0.29, 0.717) is 0 Å². The van der Waals surface area contributed by atoms with E-state index in [-0.39, 0.29) is 11.8 Å². The number of nitrogens with one attached hydrogen (secondary N) is 2. The number of thiazole rings is 1. The molecular weight excluding hydrogens is 264 g/mol. The molecule has 0 saturated carbocycles. The van der Waals surface area contributed by atoms with E-state index in [2.05, 4.69) is 10.3 Å². The van der Waals surface area contributed by atoms with Gasteiger partial charge in [-0.15, -0.1) is 11.3 Å². The van der Waals surface area contributed by atoms with Gasteiger partial charge >= 0.3 is 0 Å². The minimum Gasteiger partial charge on any atom is -0.337 e. The molecule has 2 N–H and O–H groups in total. The van der Waals surface area contributed by atoms with Crippen LogP contribution in [0.15, 0.2) is 18.2 Å². The first-order valence-electron chi connectivity index (χ1n) is 6.07. The van der Waals surface area contributed by atoms with Gasteiger partial charge in [0.1, 0.15) is 0 Å². The molecule has 0 fully saturated rings. The smallest absolute Gasteiger partial charge is 0.227 e. The van der Waals surface area contributed by atoms with E-state index in [0.717, 1.165) is 32.7 Å². The second-order valence-corrected chi connectivity index (χ2v) is 5.95. The third-order valence-electron chi connectivity index (χ3n) is 3.04. The lowest BCUT2D eigenvalue weighted by molar-refractivity contribution is -0.120. The van der Waals surface area contributed by atoms with E-state index < -0.39 is 0 Å². The van der Waals surface area contributed by atoms with Crippen LogP contribution in [0.2, 0.25) is 0 Å². The van der Waals surface area contributed by atoms with Crippen LogP contribution in [0.25, 0.3) is 10.2 Å². The molecule has 1 aromatic heterocycles. The number of rotatable bonds is 4. The summed E-state index contributed by atoms with van der Waals surface area (Å²) in [4.78, 5) is 15.1. The monoisotopic (exact) mass is 280 g/mol. The summed E-state index contributed by atoms with van der Waals surface area (Å²) in [5.41, 5.74) is 1.86. The molecule has 0 spiro atoms. The second-order valence-electron chi connectivity index (χ2n) is 4.23. The molecule has 1 amide bonds. The Labute approximate surface area is 115 Å². The first kappa shape index (κ1) is 13.2. The van der Waals surface area contributed by atoms with Crippen LogP contribution in [-0.4, -0.2) is 10.9 Å². The Hall–Kier alpha value is -1.20. The SMILES string of the molecule is CCC(CC)C(=O)Nc1ccc2[nH]c(=S)sc2c1. The van der Waals surface area contributed by atoms with Gasteiger partial charge in [-0.1, -0.05) is 13.8 Å². The van der Waals surface area contributed by atoms with E-state index in [1.54, 1.807) is 0 Å². The van der Waals surface area contributed by atoms with Gasteiger partial charge in [0.2, 0.25) is 5.91 Å². The first-order valence-corrected chi connectivity index (χ1v) is 7.30. The van der Waals surface area contributed by atoms with Gasteiger partial charge < -0.3 is 10.3 Å². The molecule has 0 bridgehead atoms. The molecular formula is C13H16N2OS2. The number of H-pyrrole nitrogens is 1. The number of fused-ring (bicyclic) bond motifs is 1. The molecule has 1 heterocycles. The summed E-state index contributed by atoms with van der Waals surface area (Å²) in [6, 6.07) is 5.82. The van der Waals surface area contributed by atoms with Crippen molar-refractivity contribution >= 4 is 45.4 Å². The number of hydrogen-bond acceptors (Lipinski definition) is 3.